The minimum absolute atomic E-state index is 0.000754. The smallest absolute Gasteiger partial charge is 0.304 e. The number of fused-ring (bicyclic) bond motifs is 1. The molecule has 18 heavy (non-hydrogen) atoms. The molecule has 5 nitrogen and oxygen atoms in total. The molecule has 2 N–H and O–H groups in total. The summed E-state index contributed by atoms with van der Waals surface area (Å²) in [6, 6.07) is 5.36. The maximum Gasteiger partial charge on any atom is 0.304 e. The molecule has 0 bridgehead atoms. The van der Waals surface area contributed by atoms with Crippen LogP contribution in [0.15, 0.2) is 18.2 Å². The predicted molar refractivity (Wildman–Crippen MR) is 65.8 cm³/mol. The van der Waals surface area contributed by atoms with Gasteiger partial charge in [0, 0.05) is 11.0 Å². The highest BCUT2D eigenvalue weighted by molar-refractivity contribution is 5.95. The van der Waals surface area contributed by atoms with E-state index >= 15 is 0 Å². The van der Waals surface area contributed by atoms with Gasteiger partial charge in [0.2, 0.25) is 0 Å². The molecule has 0 saturated heterocycles. The van der Waals surface area contributed by atoms with Crippen molar-refractivity contribution in [1.29, 1.82) is 0 Å². The summed E-state index contributed by atoms with van der Waals surface area (Å²) in [6.45, 7) is 3.65. The van der Waals surface area contributed by atoms with Crippen LogP contribution in [0.3, 0.4) is 0 Å². The highest BCUT2D eigenvalue weighted by Crippen LogP contribution is 2.40. The van der Waals surface area contributed by atoms with Crippen LogP contribution in [0.2, 0.25) is 0 Å². The summed E-state index contributed by atoms with van der Waals surface area (Å²) < 4.78 is 5.43. The van der Waals surface area contributed by atoms with E-state index in [1.807, 2.05) is 19.9 Å². The monoisotopic (exact) mass is 249 g/mol. The average Bonchev–Trinajstić information content (AvgIpc) is 2.26. The third-order valence-corrected chi connectivity index (χ3v) is 2.96. The van der Waals surface area contributed by atoms with Crippen LogP contribution in [-0.4, -0.2) is 23.6 Å². The molecule has 0 atom stereocenters. The molecule has 96 valence electrons. The molecule has 2 rings (SSSR count). The van der Waals surface area contributed by atoms with Crippen molar-refractivity contribution in [2.24, 2.45) is 0 Å². The van der Waals surface area contributed by atoms with Gasteiger partial charge >= 0.3 is 5.97 Å². The molecule has 0 unspecified atom stereocenters. The van der Waals surface area contributed by atoms with Gasteiger partial charge in [0.25, 0.3) is 5.91 Å². The van der Waals surface area contributed by atoms with Gasteiger partial charge in [-0.1, -0.05) is 26.0 Å². The predicted octanol–water partition coefficient (Wildman–Crippen LogP) is 1.77. The Morgan fingerprint density at radius 1 is 1.50 bits per heavy atom. The highest BCUT2D eigenvalue weighted by Gasteiger charge is 2.30. The summed E-state index contributed by atoms with van der Waals surface area (Å²) in [5.41, 5.74) is 0.837. The van der Waals surface area contributed by atoms with Crippen LogP contribution in [0.4, 0.5) is 5.69 Å². The van der Waals surface area contributed by atoms with Crippen LogP contribution in [0.5, 0.6) is 5.75 Å². The largest absolute Gasteiger partial charge is 0.481 e. The van der Waals surface area contributed by atoms with Crippen molar-refractivity contribution in [3.05, 3.63) is 23.8 Å². The fraction of sp³-hybridized carbons (Fsp3) is 0.385. The van der Waals surface area contributed by atoms with Crippen LogP contribution < -0.4 is 10.1 Å². The van der Waals surface area contributed by atoms with E-state index in [4.69, 9.17) is 9.84 Å². The van der Waals surface area contributed by atoms with Crippen molar-refractivity contribution in [3.63, 3.8) is 0 Å². The molecule has 0 fully saturated rings. The molecule has 5 heteroatoms. The topological polar surface area (TPSA) is 75.6 Å². The second-order valence-electron chi connectivity index (χ2n) is 4.97. The number of carboxylic acids is 1. The standard InChI is InChI=1S/C13H15NO4/c1-13(2,6-11(16)17)8-4-3-5-9-12(8)18-7-10(15)14-9/h3-5H,6-7H2,1-2H3,(H,14,15)(H,16,17). The van der Waals surface area contributed by atoms with E-state index in [0.717, 1.165) is 5.56 Å². The zero-order valence-electron chi connectivity index (χ0n) is 10.3. The molecule has 1 heterocycles. The molecule has 0 saturated carbocycles. The summed E-state index contributed by atoms with van der Waals surface area (Å²) in [5, 5.41) is 11.7. The van der Waals surface area contributed by atoms with Gasteiger partial charge in [-0.25, -0.2) is 0 Å². The van der Waals surface area contributed by atoms with Crippen molar-refractivity contribution >= 4 is 17.6 Å². The van der Waals surface area contributed by atoms with E-state index in [0.29, 0.717) is 11.4 Å². The van der Waals surface area contributed by atoms with Gasteiger partial charge in [0.1, 0.15) is 5.75 Å². The first-order valence-electron chi connectivity index (χ1n) is 5.68. The third-order valence-electron chi connectivity index (χ3n) is 2.96. The van der Waals surface area contributed by atoms with E-state index in [1.54, 1.807) is 12.1 Å². The van der Waals surface area contributed by atoms with Gasteiger partial charge in [-0.3, -0.25) is 9.59 Å². The van der Waals surface area contributed by atoms with Crippen LogP contribution in [0.1, 0.15) is 25.8 Å². The lowest BCUT2D eigenvalue weighted by molar-refractivity contribution is -0.138. The summed E-state index contributed by atoms with van der Waals surface area (Å²) >= 11 is 0. The lowest BCUT2D eigenvalue weighted by Gasteiger charge is -2.29. The molecule has 1 aliphatic heterocycles. The number of benzene rings is 1. The molecule has 1 amide bonds. The number of nitrogens with one attached hydrogen (secondary N) is 1. The first-order chi connectivity index (χ1) is 8.40. The second kappa shape index (κ2) is 4.33. The Kier molecular flexibility index (Phi) is 2.98. The maximum atomic E-state index is 11.2. The summed E-state index contributed by atoms with van der Waals surface area (Å²) in [5.74, 6) is -0.489. The minimum atomic E-state index is -0.863. The molecule has 1 aromatic rings. The van der Waals surface area contributed by atoms with E-state index in [9.17, 15) is 9.59 Å². The van der Waals surface area contributed by atoms with Gasteiger partial charge in [-0.15, -0.1) is 0 Å². The number of hydrogen-bond donors (Lipinski definition) is 2. The first kappa shape index (κ1) is 12.4. The Balaban J connectivity index is 2.43. The maximum absolute atomic E-state index is 11.2. The lowest BCUT2D eigenvalue weighted by Crippen LogP contribution is -2.29. The minimum Gasteiger partial charge on any atom is -0.481 e. The highest BCUT2D eigenvalue weighted by atomic mass is 16.5. The number of carbonyl (C=O) groups excluding carboxylic acids is 1. The Morgan fingerprint density at radius 2 is 2.22 bits per heavy atom. The second-order valence-corrected chi connectivity index (χ2v) is 4.97. The fourth-order valence-electron chi connectivity index (χ4n) is 2.12. The van der Waals surface area contributed by atoms with Crippen LogP contribution >= 0.6 is 0 Å². The number of rotatable bonds is 3. The summed E-state index contributed by atoms with van der Waals surface area (Å²) in [4.78, 5) is 22.1. The molecule has 0 spiro atoms. The third kappa shape index (κ3) is 2.30. The molecule has 1 aromatic carbocycles. The zero-order chi connectivity index (χ0) is 13.3. The number of ether oxygens (including phenoxy) is 1. The van der Waals surface area contributed by atoms with Crippen LogP contribution in [0, 0.1) is 0 Å². The molecule has 0 aromatic heterocycles. The zero-order valence-corrected chi connectivity index (χ0v) is 10.3. The van der Waals surface area contributed by atoms with Crippen molar-refractivity contribution in [2.75, 3.05) is 11.9 Å². The Labute approximate surface area is 105 Å². The number of carboxylic acid groups (broad SMARTS) is 1. The average molecular weight is 249 g/mol. The Morgan fingerprint density at radius 3 is 2.89 bits per heavy atom. The number of carbonyl (C=O) groups is 2. The first-order valence-corrected chi connectivity index (χ1v) is 5.68. The molecule has 1 aliphatic rings. The van der Waals surface area contributed by atoms with Gasteiger partial charge in [-0.2, -0.15) is 0 Å². The molecule has 0 aliphatic carbocycles. The van der Waals surface area contributed by atoms with E-state index in [-0.39, 0.29) is 18.9 Å². The Bertz CT molecular complexity index is 508. The molecular formula is C13H15NO4. The van der Waals surface area contributed by atoms with Gasteiger partial charge in [0.15, 0.2) is 6.61 Å². The lowest BCUT2D eigenvalue weighted by atomic mass is 9.80. The molecular weight excluding hydrogens is 234 g/mol. The Hall–Kier alpha value is -2.04. The number of hydrogen-bond acceptors (Lipinski definition) is 3. The fourth-order valence-corrected chi connectivity index (χ4v) is 2.12. The van der Waals surface area contributed by atoms with Crippen LogP contribution in [0.25, 0.3) is 0 Å². The molecule has 0 radical (unpaired) electrons. The van der Waals surface area contributed by atoms with Crippen LogP contribution in [-0.2, 0) is 15.0 Å². The van der Waals surface area contributed by atoms with Gasteiger partial charge in [0.05, 0.1) is 12.1 Å². The SMILES string of the molecule is CC(C)(CC(=O)O)c1cccc2c1OCC(=O)N2. The number of para-hydroxylation sites is 1. The van der Waals surface area contributed by atoms with Crippen molar-refractivity contribution < 1.29 is 19.4 Å². The van der Waals surface area contributed by atoms with Crippen molar-refractivity contribution in [2.45, 2.75) is 25.7 Å². The van der Waals surface area contributed by atoms with Gasteiger partial charge in [-0.05, 0) is 6.07 Å². The summed E-state index contributed by atoms with van der Waals surface area (Å²) in [7, 11) is 0. The van der Waals surface area contributed by atoms with Crippen molar-refractivity contribution in [1.82, 2.24) is 0 Å². The quantitative estimate of drug-likeness (QED) is 0.856. The summed E-state index contributed by atoms with van der Waals surface area (Å²) in [6.07, 6.45) is 0.000754. The normalized spacial score (nSPS) is 14.4. The van der Waals surface area contributed by atoms with E-state index in [1.165, 1.54) is 0 Å². The van der Waals surface area contributed by atoms with Gasteiger partial charge < -0.3 is 15.2 Å². The number of amides is 1. The van der Waals surface area contributed by atoms with E-state index < -0.39 is 11.4 Å². The van der Waals surface area contributed by atoms with Crippen molar-refractivity contribution in [3.8, 4) is 5.75 Å². The number of aliphatic carboxylic acids is 1. The number of anilines is 1. The van der Waals surface area contributed by atoms with E-state index in [2.05, 4.69) is 5.32 Å².